The van der Waals surface area contributed by atoms with Gasteiger partial charge in [0.25, 0.3) is 0 Å². The molecule has 0 spiro atoms. The molecular formula is C18H19ClN2O2. The summed E-state index contributed by atoms with van der Waals surface area (Å²) < 4.78 is 1.40. The van der Waals surface area contributed by atoms with Gasteiger partial charge in [-0.3, -0.25) is 4.90 Å². The van der Waals surface area contributed by atoms with Crippen molar-refractivity contribution in [3.63, 3.8) is 0 Å². The van der Waals surface area contributed by atoms with E-state index in [0.29, 0.717) is 17.1 Å². The molecule has 4 nitrogen and oxygen atoms in total. The lowest BCUT2D eigenvalue weighted by molar-refractivity contribution is 0.0839. The largest absolute Gasteiger partial charge is 0.492 e. The second-order valence-electron chi connectivity index (χ2n) is 5.53. The zero-order chi connectivity index (χ0) is 16.2. The average molecular weight is 331 g/mol. The van der Waals surface area contributed by atoms with E-state index < -0.39 is 0 Å². The molecule has 2 aromatic carbocycles. The number of halogens is 1. The SMILES string of the molecule is CN(CCOn1c(O)cc2cccc(Cl)c21)Cc1ccccc1. The van der Waals surface area contributed by atoms with E-state index in [9.17, 15) is 5.11 Å². The van der Waals surface area contributed by atoms with Gasteiger partial charge in [0, 0.05) is 24.5 Å². The predicted molar refractivity (Wildman–Crippen MR) is 92.8 cm³/mol. The molecule has 0 amide bonds. The van der Waals surface area contributed by atoms with Gasteiger partial charge in [0.15, 0.2) is 0 Å². The molecule has 0 bridgehead atoms. The van der Waals surface area contributed by atoms with Crippen LogP contribution in [-0.2, 0) is 6.54 Å². The fraction of sp³-hybridized carbons (Fsp3) is 0.222. The smallest absolute Gasteiger partial charge is 0.226 e. The first-order chi connectivity index (χ1) is 11.1. The van der Waals surface area contributed by atoms with Gasteiger partial charge < -0.3 is 9.94 Å². The van der Waals surface area contributed by atoms with Crippen LogP contribution < -0.4 is 4.84 Å². The van der Waals surface area contributed by atoms with Crippen molar-refractivity contribution < 1.29 is 9.94 Å². The van der Waals surface area contributed by atoms with Crippen LogP contribution in [-0.4, -0.2) is 34.9 Å². The van der Waals surface area contributed by atoms with E-state index in [-0.39, 0.29) is 5.88 Å². The molecule has 3 aromatic rings. The molecule has 0 unspecified atom stereocenters. The number of para-hydroxylation sites is 1. The summed E-state index contributed by atoms with van der Waals surface area (Å²) in [6.07, 6.45) is 0. The van der Waals surface area contributed by atoms with Gasteiger partial charge in [0.1, 0.15) is 12.1 Å². The summed E-state index contributed by atoms with van der Waals surface area (Å²) in [6.45, 7) is 2.04. The van der Waals surface area contributed by atoms with E-state index in [1.165, 1.54) is 10.3 Å². The lowest BCUT2D eigenvalue weighted by Gasteiger charge is -2.17. The Balaban J connectivity index is 1.62. The molecule has 1 heterocycles. The molecule has 0 saturated heterocycles. The molecule has 23 heavy (non-hydrogen) atoms. The van der Waals surface area contributed by atoms with E-state index in [1.807, 2.05) is 37.4 Å². The quantitative estimate of drug-likeness (QED) is 0.751. The number of nitrogens with zero attached hydrogens (tertiary/aromatic N) is 2. The second-order valence-corrected chi connectivity index (χ2v) is 5.94. The number of fused-ring (bicyclic) bond motifs is 1. The van der Waals surface area contributed by atoms with Crippen molar-refractivity contribution in [1.82, 2.24) is 9.63 Å². The summed E-state index contributed by atoms with van der Waals surface area (Å²) in [7, 11) is 2.04. The Morgan fingerprint density at radius 2 is 1.91 bits per heavy atom. The lowest BCUT2D eigenvalue weighted by atomic mass is 10.2. The van der Waals surface area contributed by atoms with Crippen molar-refractivity contribution >= 4 is 22.5 Å². The Morgan fingerprint density at radius 1 is 1.13 bits per heavy atom. The van der Waals surface area contributed by atoms with Crippen LogP contribution in [0, 0.1) is 0 Å². The molecule has 0 aliphatic heterocycles. The maximum absolute atomic E-state index is 10.0. The van der Waals surface area contributed by atoms with Crippen LogP contribution in [0.4, 0.5) is 0 Å². The molecule has 0 aliphatic carbocycles. The first-order valence-electron chi connectivity index (χ1n) is 7.50. The van der Waals surface area contributed by atoms with Crippen LogP contribution in [0.2, 0.25) is 5.02 Å². The van der Waals surface area contributed by atoms with Gasteiger partial charge >= 0.3 is 0 Å². The molecule has 0 saturated carbocycles. The van der Waals surface area contributed by atoms with Crippen LogP contribution in [0.1, 0.15) is 5.56 Å². The zero-order valence-corrected chi connectivity index (χ0v) is 13.7. The molecule has 0 fully saturated rings. The van der Waals surface area contributed by atoms with Gasteiger partial charge in [-0.2, -0.15) is 0 Å². The number of benzene rings is 2. The summed E-state index contributed by atoms with van der Waals surface area (Å²) in [4.78, 5) is 7.89. The molecular weight excluding hydrogens is 312 g/mol. The van der Waals surface area contributed by atoms with Crippen molar-refractivity contribution in [3.8, 4) is 5.88 Å². The minimum absolute atomic E-state index is 0.0545. The van der Waals surface area contributed by atoms with Crippen LogP contribution >= 0.6 is 11.6 Å². The Kier molecular flexibility index (Phi) is 4.74. The van der Waals surface area contributed by atoms with E-state index in [2.05, 4.69) is 17.0 Å². The summed E-state index contributed by atoms with van der Waals surface area (Å²) in [5, 5.41) is 11.4. The topological polar surface area (TPSA) is 37.6 Å². The normalized spacial score (nSPS) is 11.3. The number of hydrogen-bond acceptors (Lipinski definition) is 3. The Morgan fingerprint density at radius 3 is 2.70 bits per heavy atom. The standard InChI is InChI=1S/C18H19ClN2O2/c1-20(13-14-6-3-2-4-7-14)10-11-23-21-17(22)12-15-8-5-9-16(19)18(15)21/h2-9,12,22H,10-11,13H2,1H3. The summed E-state index contributed by atoms with van der Waals surface area (Å²) in [6, 6.07) is 17.4. The molecule has 1 aromatic heterocycles. The van der Waals surface area contributed by atoms with Crippen molar-refractivity contribution in [1.29, 1.82) is 0 Å². The summed E-state index contributed by atoms with van der Waals surface area (Å²) in [5.74, 6) is 0.0545. The zero-order valence-electron chi connectivity index (χ0n) is 12.9. The van der Waals surface area contributed by atoms with E-state index >= 15 is 0 Å². The highest BCUT2D eigenvalue weighted by molar-refractivity contribution is 6.35. The summed E-state index contributed by atoms with van der Waals surface area (Å²) >= 11 is 6.20. The first-order valence-corrected chi connectivity index (χ1v) is 7.87. The fourth-order valence-electron chi connectivity index (χ4n) is 2.57. The van der Waals surface area contributed by atoms with Gasteiger partial charge in [-0.1, -0.05) is 54.1 Å². The van der Waals surface area contributed by atoms with Crippen LogP contribution in [0.25, 0.3) is 10.9 Å². The first kappa shape index (κ1) is 15.7. The number of rotatable bonds is 6. The molecule has 120 valence electrons. The molecule has 1 N–H and O–H groups in total. The highest BCUT2D eigenvalue weighted by Crippen LogP contribution is 2.29. The maximum atomic E-state index is 10.0. The van der Waals surface area contributed by atoms with Gasteiger partial charge in [-0.25, -0.2) is 0 Å². The highest BCUT2D eigenvalue weighted by Gasteiger charge is 2.12. The maximum Gasteiger partial charge on any atom is 0.226 e. The predicted octanol–water partition coefficient (Wildman–Crippen LogP) is 3.56. The Hall–Kier alpha value is -2.17. The van der Waals surface area contributed by atoms with Gasteiger partial charge in [-0.05, 0) is 18.7 Å². The van der Waals surface area contributed by atoms with Crippen molar-refractivity contribution in [2.75, 3.05) is 20.2 Å². The van der Waals surface area contributed by atoms with Gasteiger partial charge in [-0.15, -0.1) is 4.73 Å². The highest BCUT2D eigenvalue weighted by atomic mass is 35.5. The minimum Gasteiger partial charge on any atom is -0.492 e. The molecule has 3 rings (SSSR count). The van der Waals surface area contributed by atoms with Crippen molar-refractivity contribution in [2.45, 2.75) is 6.54 Å². The monoisotopic (exact) mass is 330 g/mol. The molecule has 0 aliphatic rings. The molecule has 0 radical (unpaired) electrons. The fourth-order valence-corrected chi connectivity index (χ4v) is 2.83. The van der Waals surface area contributed by atoms with Crippen molar-refractivity contribution in [3.05, 3.63) is 65.2 Å². The van der Waals surface area contributed by atoms with E-state index in [1.54, 1.807) is 12.1 Å². The second kappa shape index (κ2) is 6.94. The van der Waals surface area contributed by atoms with Gasteiger partial charge in [0.05, 0.1) is 5.02 Å². The molecule has 0 atom stereocenters. The number of hydrogen-bond donors (Lipinski definition) is 1. The average Bonchev–Trinajstić information content (AvgIpc) is 2.85. The minimum atomic E-state index is 0.0545. The lowest BCUT2D eigenvalue weighted by Crippen LogP contribution is -2.26. The number of likely N-dealkylation sites (N-methyl/N-ethyl adjacent to an activating group) is 1. The number of aromatic nitrogens is 1. The number of aromatic hydroxyl groups is 1. The van der Waals surface area contributed by atoms with Crippen LogP contribution in [0.5, 0.6) is 5.88 Å². The van der Waals surface area contributed by atoms with E-state index in [0.717, 1.165) is 18.5 Å². The van der Waals surface area contributed by atoms with Crippen molar-refractivity contribution in [2.24, 2.45) is 0 Å². The Labute approximate surface area is 140 Å². The van der Waals surface area contributed by atoms with Crippen LogP contribution in [0.15, 0.2) is 54.6 Å². The van der Waals surface area contributed by atoms with Gasteiger partial charge in [0.2, 0.25) is 5.88 Å². The Bertz CT molecular complexity index is 786. The third-order valence-electron chi connectivity index (χ3n) is 3.70. The van der Waals surface area contributed by atoms with Crippen LogP contribution in [0.3, 0.4) is 0 Å². The third-order valence-corrected chi connectivity index (χ3v) is 4.01. The molecule has 5 heteroatoms. The summed E-state index contributed by atoms with van der Waals surface area (Å²) in [5.41, 5.74) is 1.95. The van der Waals surface area contributed by atoms with E-state index in [4.69, 9.17) is 16.4 Å². The third kappa shape index (κ3) is 3.60.